The van der Waals surface area contributed by atoms with Crippen LogP contribution in [-0.4, -0.2) is 54.9 Å². The van der Waals surface area contributed by atoms with Gasteiger partial charge in [0, 0.05) is 32.2 Å². The largest absolute Gasteiger partial charge is 0.393 e. The van der Waals surface area contributed by atoms with Crippen LogP contribution < -0.4 is 5.32 Å². The number of aliphatic hydroxyl groups is 1. The molecule has 2 aromatic rings. The summed E-state index contributed by atoms with van der Waals surface area (Å²) >= 11 is 0. The average molecular weight is 369 g/mol. The second-order valence-electron chi connectivity index (χ2n) is 7.41. The fraction of sp³-hybridized carbons (Fsp3) is 0.478. The Hall–Kier alpha value is -1.72. The zero-order valence-corrected chi connectivity index (χ0v) is 16.1. The summed E-state index contributed by atoms with van der Waals surface area (Å²) in [5.41, 5.74) is 2.57. The minimum absolute atomic E-state index is 0.117. The van der Waals surface area contributed by atoms with Gasteiger partial charge in [0.15, 0.2) is 0 Å². The quantitative estimate of drug-likeness (QED) is 0.633. The van der Waals surface area contributed by atoms with Gasteiger partial charge in [-0.05, 0) is 30.4 Å². The molecule has 1 aliphatic heterocycles. The van der Waals surface area contributed by atoms with E-state index in [1.54, 1.807) is 0 Å². The first-order valence-electron chi connectivity index (χ1n) is 10.1. The van der Waals surface area contributed by atoms with Crippen molar-refractivity contribution in [3.63, 3.8) is 0 Å². The predicted molar refractivity (Wildman–Crippen MR) is 110 cm³/mol. The Morgan fingerprint density at radius 3 is 2.26 bits per heavy atom. The van der Waals surface area contributed by atoms with E-state index in [-0.39, 0.29) is 6.10 Å². The Labute approximate surface area is 163 Å². The highest BCUT2D eigenvalue weighted by molar-refractivity contribution is 5.16. The molecular formula is C23H32N2O2. The van der Waals surface area contributed by atoms with Gasteiger partial charge in [-0.1, -0.05) is 60.7 Å². The van der Waals surface area contributed by atoms with Crippen LogP contribution in [-0.2, 0) is 17.8 Å². The summed E-state index contributed by atoms with van der Waals surface area (Å²) in [6, 6.07) is 21.4. The molecule has 1 saturated heterocycles. The third kappa shape index (κ3) is 7.43. The number of ether oxygens (including phenoxy) is 1. The van der Waals surface area contributed by atoms with E-state index < -0.39 is 0 Å². The van der Waals surface area contributed by atoms with Crippen molar-refractivity contribution in [1.82, 2.24) is 10.2 Å². The smallest absolute Gasteiger partial charge is 0.0717 e. The number of benzene rings is 2. The highest BCUT2D eigenvalue weighted by atomic mass is 16.5. The van der Waals surface area contributed by atoms with E-state index in [0.29, 0.717) is 19.3 Å². The summed E-state index contributed by atoms with van der Waals surface area (Å²) < 4.78 is 5.82. The summed E-state index contributed by atoms with van der Waals surface area (Å²) in [4.78, 5) is 2.47. The topological polar surface area (TPSA) is 44.7 Å². The van der Waals surface area contributed by atoms with Crippen LogP contribution in [0.5, 0.6) is 0 Å². The summed E-state index contributed by atoms with van der Waals surface area (Å²) in [5.74, 6) is 0. The number of hydrogen-bond donors (Lipinski definition) is 2. The standard InChI is InChI=1S/C23H32N2O2/c26-23-11-14-25(15-12-23)18-22(17-20-7-3-1-4-8-20)24-13-16-27-19-21-9-5-2-6-10-21/h1-10,22-24,26H,11-19H2. The Morgan fingerprint density at radius 1 is 0.963 bits per heavy atom. The van der Waals surface area contributed by atoms with Crippen LogP contribution in [0.25, 0.3) is 0 Å². The van der Waals surface area contributed by atoms with Crippen LogP contribution in [0.2, 0.25) is 0 Å². The number of nitrogens with zero attached hydrogens (tertiary/aromatic N) is 1. The lowest BCUT2D eigenvalue weighted by atomic mass is 10.0. The van der Waals surface area contributed by atoms with Gasteiger partial charge in [-0.2, -0.15) is 0 Å². The van der Waals surface area contributed by atoms with E-state index in [4.69, 9.17) is 4.74 Å². The molecule has 0 bridgehead atoms. The SMILES string of the molecule is OC1CCN(CC(Cc2ccccc2)NCCOCc2ccccc2)CC1. The Bertz CT molecular complexity index is 627. The van der Waals surface area contributed by atoms with Gasteiger partial charge < -0.3 is 20.1 Å². The number of piperidine rings is 1. The molecule has 1 aliphatic rings. The van der Waals surface area contributed by atoms with E-state index in [1.807, 2.05) is 18.2 Å². The number of nitrogens with one attached hydrogen (secondary N) is 1. The molecular weight excluding hydrogens is 336 g/mol. The molecule has 0 aromatic heterocycles. The Morgan fingerprint density at radius 2 is 1.59 bits per heavy atom. The van der Waals surface area contributed by atoms with Crippen molar-refractivity contribution in [2.24, 2.45) is 0 Å². The molecule has 146 valence electrons. The highest BCUT2D eigenvalue weighted by Gasteiger charge is 2.20. The van der Waals surface area contributed by atoms with E-state index in [1.165, 1.54) is 11.1 Å². The van der Waals surface area contributed by atoms with Gasteiger partial charge in [-0.25, -0.2) is 0 Å². The van der Waals surface area contributed by atoms with Crippen molar-refractivity contribution in [3.05, 3.63) is 71.8 Å². The van der Waals surface area contributed by atoms with Crippen molar-refractivity contribution < 1.29 is 9.84 Å². The third-order valence-electron chi connectivity index (χ3n) is 5.15. The lowest BCUT2D eigenvalue weighted by Crippen LogP contribution is -2.46. The van der Waals surface area contributed by atoms with Crippen LogP contribution in [0.3, 0.4) is 0 Å². The number of rotatable bonds is 10. The molecule has 27 heavy (non-hydrogen) atoms. The second kappa shape index (κ2) is 11.2. The molecule has 1 unspecified atom stereocenters. The maximum absolute atomic E-state index is 9.73. The molecule has 3 rings (SSSR count). The average Bonchev–Trinajstić information content (AvgIpc) is 2.71. The van der Waals surface area contributed by atoms with Gasteiger partial charge in [-0.3, -0.25) is 0 Å². The van der Waals surface area contributed by atoms with E-state index in [9.17, 15) is 5.11 Å². The normalized spacial score (nSPS) is 17.1. The first-order chi connectivity index (χ1) is 13.3. The molecule has 4 heteroatoms. The fourth-order valence-electron chi connectivity index (χ4n) is 3.61. The Kier molecular flexibility index (Phi) is 8.31. The molecule has 0 aliphatic carbocycles. The molecule has 0 saturated carbocycles. The van der Waals surface area contributed by atoms with Crippen LogP contribution in [0.15, 0.2) is 60.7 Å². The van der Waals surface area contributed by atoms with Gasteiger partial charge >= 0.3 is 0 Å². The molecule has 1 atom stereocenters. The molecule has 4 nitrogen and oxygen atoms in total. The molecule has 1 fully saturated rings. The number of hydrogen-bond acceptors (Lipinski definition) is 4. The minimum atomic E-state index is -0.117. The van der Waals surface area contributed by atoms with Crippen molar-refractivity contribution >= 4 is 0 Å². The number of likely N-dealkylation sites (tertiary alicyclic amines) is 1. The van der Waals surface area contributed by atoms with E-state index in [2.05, 4.69) is 52.7 Å². The third-order valence-corrected chi connectivity index (χ3v) is 5.15. The van der Waals surface area contributed by atoms with Gasteiger partial charge in [0.1, 0.15) is 0 Å². The maximum atomic E-state index is 9.73. The summed E-state index contributed by atoms with van der Waals surface area (Å²) in [5, 5.41) is 13.4. The van der Waals surface area contributed by atoms with Crippen molar-refractivity contribution in [2.75, 3.05) is 32.8 Å². The van der Waals surface area contributed by atoms with Crippen molar-refractivity contribution in [2.45, 2.75) is 38.0 Å². The first kappa shape index (κ1) is 20.0. The molecule has 0 spiro atoms. The van der Waals surface area contributed by atoms with Crippen molar-refractivity contribution in [1.29, 1.82) is 0 Å². The van der Waals surface area contributed by atoms with E-state index in [0.717, 1.165) is 45.4 Å². The predicted octanol–water partition coefficient (Wildman–Crippen LogP) is 2.86. The summed E-state index contributed by atoms with van der Waals surface area (Å²) in [6.45, 7) is 5.20. The minimum Gasteiger partial charge on any atom is -0.393 e. The van der Waals surface area contributed by atoms with Gasteiger partial charge in [0.2, 0.25) is 0 Å². The van der Waals surface area contributed by atoms with Crippen LogP contribution in [0.1, 0.15) is 24.0 Å². The fourth-order valence-corrected chi connectivity index (χ4v) is 3.61. The maximum Gasteiger partial charge on any atom is 0.0717 e. The first-order valence-corrected chi connectivity index (χ1v) is 10.1. The molecule has 2 N–H and O–H groups in total. The second-order valence-corrected chi connectivity index (χ2v) is 7.41. The zero-order valence-electron chi connectivity index (χ0n) is 16.1. The lowest BCUT2D eigenvalue weighted by Gasteiger charge is -2.33. The van der Waals surface area contributed by atoms with Crippen LogP contribution in [0, 0.1) is 0 Å². The molecule has 0 amide bonds. The van der Waals surface area contributed by atoms with E-state index >= 15 is 0 Å². The molecule has 2 aromatic carbocycles. The summed E-state index contributed by atoms with van der Waals surface area (Å²) in [7, 11) is 0. The monoisotopic (exact) mass is 368 g/mol. The highest BCUT2D eigenvalue weighted by Crippen LogP contribution is 2.12. The van der Waals surface area contributed by atoms with Crippen LogP contribution in [0.4, 0.5) is 0 Å². The van der Waals surface area contributed by atoms with Gasteiger partial charge in [0.25, 0.3) is 0 Å². The Balaban J connectivity index is 1.44. The molecule has 0 radical (unpaired) electrons. The zero-order chi connectivity index (χ0) is 18.7. The van der Waals surface area contributed by atoms with Crippen molar-refractivity contribution in [3.8, 4) is 0 Å². The lowest BCUT2D eigenvalue weighted by molar-refractivity contribution is 0.0758. The van der Waals surface area contributed by atoms with Gasteiger partial charge in [-0.15, -0.1) is 0 Å². The molecule has 1 heterocycles. The summed E-state index contributed by atoms with van der Waals surface area (Å²) in [6.07, 6.45) is 2.67. The van der Waals surface area contributed by atoms with Crippen LogP contribution >= 0.6 is 0 Å². The van der Waals surface area contributed by atoms with Gasteiger partial charge in [0.05, 0.1) is 19.3 Å². The number of aliphatic hydroxyl groups excluding tert-OH is 1.